The monoisotopic (exact) mass is 219 g/mol. The Labute approximate surface area is 87.7 Å². The second-order valence-electron chi connectivity index (χ2n) is 4.04. The third-order valence-corrected chi connectivity index (χ3v) is 2.90. The van der Waals surface area contributed by atoms with Crippen molar-refractivity contribution in [1.29, 1.82) is 0 Å². The molecular formula is C9H17NO5. The average Bonchev–Trinajstić information content (AvgIpc) is 2.18. The molecule has 88 valence electrons. The number of carbonyl (C=O) groups excluding carboxylic acids is 1. The highest BCUT2D eigenvalue weighted by Gasteiger charge is 2.43. The van der Waals surface area contributed by atoms with Gasteiger partial charge in [0.15, 0.2) is 6.10 Å². The Balaban J connectivity index is 2.74. The Morgan fingerprint density at radius 3 is 2.53 bits per heavy atom. The van der Waals surface area contributed by atoms with Crippen LogP contribution in [0.2, 0.25) is 0 Å². The highest BCUT2D eigenvalue weighted by Crippen LogP contribution is 2.31. The molecule has 1 fully saturated rings. The van der Waals surface area contributed by atoms with Crippen molar-refractivity contribution in [3.63, 3.8) is 0 Å². The van der Waals surface area contributed by atoms with Crippen LogP contribution in [0.1, 0.15) is 13.3 Å². The summed E-state index contributed by atoms with van der Waals surface area (Å²) in [7, 11) is 0. The lowest BCUT2D eigenvalue weighted by Crippen LogP contribution is -2.53. The molecule has 0 saturated heterocycles. The first-order chi connectivity index (χ1) is 6.97. The molecule has 6 heteroatoms. The number of rotatable bonds is 2. The van der Waals surface area contributed by atoms with E-state index in [2.05, 4.69) is 4.74 Å². The molecule has 0 aromatic heterocycles. The van der Waals surface area contributed by atoms with Crippen LogP contribution in [0.4, 0.5) is 4.79 Å². The van der Waals surface area contributed by atoms with Gasteiger partial charge < -0.3 is 25.8 Å². The molecule has 1 saturated carbocycles. The molecule has 1 rings (SSSR count). The molecular weight excluding hydrogens is 202 g/mol. The van der Waals surface area contributed by atoms with Crippen molar-refractivity contribution in [3.05, 3.63) is 0 Å². The lowest BCUT2D eigenvalue weighted by molar-refractivity contribution is -0.138. The molecule has 1 amide bonds. The summed E-state index contributed by atoms with van der Waals surface area (Å²) in [6.07, 6.45) is -3.63. The summed E-state index contributed by atoms with van der Waals surface area (Å²) in [4.78, 5) is 10.6. The van der Waals surface area contributed by atoms with Gasteiger partial charge in [0, 0.05) is 12.5 Å². The molecule has 0 spiro atoms. The second-order valence-corrected chi connectivity index (χ2v) is 4.04. The minimum absolute atomic E-state index is 0.158. The number of hydrogen-bond donors (Lipinski definition) is 4. The molecule has 1 aliphatic rings. The second kappa shape index (κ2) is 4.78. The molecule has 1 unspecified atom stereocenters. The first-order valence-electron chi connectivity index (χ1n) is 4.90. The van der Waals surface area contributed by atoms with E-state index in [1.807, 2.05) is 0 Å². The maximum Gasteiger partial charge on any atom is 0.404 e. The third-order valence-electron chi connectivity index (χ3n) is 2.90. The lowest BCUT2D eigenvalue weighted by Gasteiger charge is -2.40. The van der Waals surface area contributed by atoms with Crippen molar-refractivity contribution in [2.75, 3.05) is 6.61 Å². The van der Waals surface area contributed by atoms with Gasteiger partial charge in [-0.1, -0.05) is 6.92 Å². The van der Waals surface area contributed by atoms with E-state index in [1.54, 1.807) is 6.92 Å². The fourth-order valence-electron chi connectivity index (χ4n) is 2.01. The van der Waals surface area contributed by atoms with Crippen LogP contribution in [0.25, 0.3) is 0 Å². The minimum Gasteiger partial charge on any atom is -0.441 e. The normalized spacial score (nSPS) is 41.2. The lowest BCUT2D eigenvalue weighted by atomic mass is 9.77. The number of amides is 1. The fourth-order valence-corrected chi connectivity index (χ4v) is 2.01. The topological polar surface area (TPSA) is 113 Å². The number of aliphatic hydroxyl groups excluding tert-OH is 3. The minimum atomic E-state index is -1.08. The fraction of sp³-hybridized carbons (Fsp3) is 0.889. The van der Waals surface area contributed by atoms with Crippen molar-refractivity contribution in [1.82, 2.24) is 0 Å². The summed E-state index contributed by atoms with van der Waals surface area (Å²) in [6.45, 7) is 1.55. The van der Waals surface area contributed by atoms with E-state index < -0.39 is 30.3 Å². The van der Waals surface area contributed by atoms with Crippen molar-refractivity contribution in [2.24, 2.45) is 17.6 Å². The standard InChI is InChI=1S/C9H17NO5/c1-4-2-5(3-11)7(13)8(6(4)12)15-9(10)14/h4-8,11-13H,2-3H2,1H3,(H2,10,14)/t4?,5-,6-,7-,8-/m1/s1. The number of ether oxygens (including phenoxy) is 1. The van der Waals surface area contributed by atoms with Crippen LogP contribution in [-0.4, -0.2) is 46.3 Å². The maximum atomic E-state index is 10.6. The van der Waals surface area contributed by atoms with E-state index in [0.29, 0.717) is 6.42 Å². The zero-order valence-corrected chi connectivity index (χ0v) is 8.54. The van der Waals surface area contributed by atoms with Crippen LogP contribution in [0, 0.1) is 11.8 Å². The van der Waals surface area contributed by atoms with Crippen LogP contribution in [0.3, 0.4) is 0 Å². The van der Waals surface area contributed by atoms with Crippen molar-refractivity contribution in [3.8, 4) is 0 Å². The highest BCUT2D eigenvalue weighted by molar-refractivity contribution is 5.65. The molecule has 0 bridgehead atoms. The van der Waals surface area contributed by atoms with Gasteiger partial charge in [0.25, 0.3) is 0 Å². The van der Waals surface area contributed by atoms with Gasteiger partial charge in [-0.15, -0.1) is 0 Å². The van der Waals surface area contributed by atoms with E-state index in [4.69, 9.17) is 10.8 Å². The quantitative estimate of drug-likeness (QED) is 0.467. The molecule has 5 N–H and O–H groups in total. The Hall–Kier alpha value is -0.850. The van der Waals surface area contributed by atoms with E-state index >= 15 is 0 Å². The van der Waals surface area contributed by atoms with Gasteiger partial charge in [-0.2, -0.15) is 0 Å². The van der Waals surface area contributed by atoms with Gasteiger partial charge in [0.05, 0.1) is 12.2 Å². The number of aliphatic hydroxyl groups is 3. The van der Waals surface area contributed by atoms with Gasteiger partial charge >= 0.3 is 6.09 Å². The predicted molar refractivity (Wildman–Crippen MR) is 50.8 cm³/mol. The molecule has 1 aliphatic carbocycles. The van der Waals surface area contributed by atoms with Crippen molar-refractivity contribution < 1.29 is 24.9 Å². The number of primary amides is 1. The van der Waals surface area contributed by atoms with Crippen LogP contribution in [-0.2, 0) is 4.74 Å². The van der Waals surface area contributed by atoms with E-state index in [0.717, 1.165) is 0 Å². The zero-order chi connectivity index (χ0) is 11.6. The molecule has 0 heterocycles. The third kappa shape index (κ3) is 2.58. The summed E-state index contributed by atoms with van der Waals surface area (Å²) < 4.78 is 4.65. The summed E-state index contributed by atoms with van der Waals surface area (Å²) in [5.41, 5.74) is 4.83. The van der Waals surface area contributed by atoms with Crippen molar-refractivity contribution in [2.45, 2.75) is 31.7 Å². The Morgan fingerprint density at radius 1 is 1.47 bits per heavy atom. The average molecular weight is 219 g/mol. The van der Waals surface area contributed by atoms with Crippen LogP contribution in [0.15, 0.2) is 0 Å². The van der Waals surface area contributed by atoms with Crippen LogP contribution >= 0.6 is 0 Å². The van der Waals surface area contributed by atoms with Crippen molar-refractivity contribution >= 4 is 6.09 Å². The SMILES string of the molecule is CC1C[C@H](CO)[C@@H](O)[C@H](OC(N)=O)[C@@H]1O. The predicted octanol–water partition coefficient (Wildman–Crippen LogP) is -1.18. The molecule has 0 aromatic carbocycles. The number of nitrogens with two attached hydrogens (primary N) is 1. The van der Waals surface area contributed by atoms with Gasteiger partial charge in [-0.25, -0.2) is 4.79 Å². The molecule has 0 aliphatic heterocycles. The highest BCUT2D eigenvalue weighted by atomic mass is 16.6. The first-order valence-corrected chi connectivity index (χ1v) is 4.90. The van der Waals surface area contributed by atoms with Gasteiger partial charge in [-0.3, -0.25) is 0 Å². The van der Waals surface area contributed by atoms with E-state index in [-0.39, 0.29) is 12.5 Å². The summed E-state index contributed by atoms with van der Waals surface area (Å²) in [5, 5.41) is 28.4. The number of carbonyl (C=O) groups is 1. The number of hydrogen-bond acceptors (Lipinski definition) is 5. The van der Waals surface area contributed by atoms with Gasteiger partial charge in [0.1, 0.15) is 0 Å². The van der Waals surface area contributed by atoms with E-state index in [1.165, 1.54) is 0 Å². The largest absolute Gasteiger partial charge is 0.441 e. The smallest absolute Gasteiger partial charge is 0.404 e. The van der Waals surface area contributed by atoms with Crippen LogP contribution in [0.5, 0.6) is 0 Å². The Morgan fingerprint density at radius 2 is 2.07 bits per heavy atom. The Kier molecular flexibility index (Phi) is 3.90. The Bertz CT molecular complexity index is 235. The molecule has 5 atom stereocenters. The molecule has 6 nitrogen and oxygen atoms in total. The summed E-state index contributed by atoms with van der Waals surface area (Å²) >= 11 is 0. The summed E-state index contributed by atoms with van der Waals surface area (Å²) in [6, 6.07) is 0. The molecule has 0 aromatic rings. The first kappa shape index (κ1) is 12.2. The maximum absolute atomic E-state index is 10.6. The molecule has 0 radical (unpaired) electrons. The molecule has 15 heavy (non-hydrogen) atoms. The van der Waals surface area contributed by atoms with Gasteiger partial charge in [-0.05, 0) is 12.3 Å². The zero-order valence-electron chi connectivity index (χ0n) is 8.54. The van der Waals surface area contributed by atoms with Gasteiger partial charge in [0.2, 0.25) is 0 Å². The summed E-state index contributed by atoms with van der Waals surface area (Å²) in [5.74, 6) is -0.553. The van der Waals surface area contributed by atoms with E-state index in [9.17, 15) is 15.0 Å². The van der Waals surface area contributed by atoms with Crippen LogP contribution < -0.4 is 5.73 Å².